The van der Waals surface area contributed by atoms with Crippen LogP contribution in [-0.2, 0) is 9.53 Å². The van der Waals surface area contributed by atoms with Crippen molar-refractivity contribution in [2.24, 2.45) is 0 Å². The van der Waals surface area contributed by atoms with E-state index in [0.717, 1.165) is 13.2 Å². The zero-order chi connectivity index (χ0) is 13.2. The fourth-order valence-corrected chi connectivity index (χ4v) is 1.48. The van der Waals surface area contributed by atoms with Gasteiger partial charge in [-0.25, -0.2) is 9.18 Å². The van der Waals surface area contributed by atoms with Gasteiger partial charge in [-0.2, -0.15) is 0 Å². The molecule has 0 heterocycles. The molecule has 0 aliphatic carbocycles. The third kappa shape index (κ3) is 2.94. The van der Waals surface area contributed by atoms with Crippen molar-refractivity contribution in [1.29, 1.82) is 0 Å². The zero-order valence-electron chi connectivity index (χ0n) is 9.28. The average molecular weight is 263 g/mol. The number of benzene rings is 1. The van der Waals surface area contributed by atoms with E-state index in [2.05, 4.69) is 4.74 Å². The minimum Gasteiger partial charge on any atom is -0.467 e. The van der Waals surface area contributed by atoms with Crippen LogP contribution in [0.25, 0.3) is 0 Å². The molecule has 1 aromatic carbocycles. The number of aryl methyl sites for hydroxylation is 1. The normalized spacial score (nSPS) is 14.2. The van der Waals surface area contributed by atoms with E-state index in [0.29, 0.717) is 5.56 Å². The fraction of sp³-hybridized carbons (Fsp3) is 0.364. The second-order valence-corrected chi connectivity index (χ2v) is 3.94. The Kier molecular flexibility index (Phi) is 4.45. The lowest BCUT2D eigenvalue weighted by molar-refractivity contribution is -0.156. The number of methoxy groups -OCH3 is 1. The summed E-state index contributed by atoms with van der Waals surface area (Å²) in [6.45, 7) is 1.60. The van der Waals surface area contributed by atoms with E-state index < -0.39 is 24.0 Å². The first-order valence-corrected chi connectivity index (χ1v) is 5.15. The van der Waals surface area contributed by atoms with Gasteiger partial charge < -0.3 is 14.9 Å². The molecule has 0 saturated heterocycles. The molecule has 1 rings (SSSR count). The monoisotopic (exact) mass is 262 g/mol. The van der Waals surface area contributed by atoms with Crippen LogP contribution in [0.5, 0.6) is 0 Å². The molecule has 0 aromatic heterocycles. The summed E-state index contributed by atoms with van der Waals surface area (Å²) in [7, 11) is 1.05. The third-order valence-corrected chi connectivity index (χ3v) is 2.75. The topological polar surface area (TPSA) is 66.8 Å². The molecule has 0 bridgehead atoms. The van der Waals surface area contributed by atoms with E-state index in [1.807, 2.05) is 0 Å². The van der Waals surface area contributed by atoms with Crippen LogP contribution in [-0.4, -0.2) is 29.4 Å². The van der Waals surface area contributed by atoms with E-state index in [1.165, 1.54) is 6.07 Å². The number of aliphatic hydroxyl groups is 2. The lowest BCUT2D eigenvalue weighted by Gasteiger charge is -2.17. The molecule has 6 heteroatoms. The van der Waals surface area contributed by atoms with E-state index in [4.69, 9.17) is 11.6 Å². The lowest BCUT2D eigenvalue weighted by atomic mass is 10.0. The number of halogens is 2. The van der Waals surface area contributed by atoms with Crippen molar-refractivity contribution in [2.75, 3.05) is 7.11 Å². The van der Waals surface area contributed by atoms with Gasteiger partial charge in [-0.05, 0) is 24.6 Å². The van der Waals surface area contributed by atoms with E-state index in [-0.39, 0.29) is 10.6 Å². The minimum atomic E-state index is -1.85. The Hall–Kier alpha value is -1.17. The summed E-state index contributed by atoms with van der Waals surface area (Å²) in [5.74, 6) is -1.80. The largest absolute Gasteiger partial charge is 0.467 e. The quantitative estimate of drug-likeness (QED) is 0.807. The Bertz CT molecular complexity index is 436. The van der Waals surface area contributed by atoms with Gasteiger partial charge >= 0.3 is 5.97 Å². The van der Waals surface area contributed by atoms with Crippen LogP contribution in [0.3, 0.4) is 0 Å². The summed E-state index contributed by atoms with van der Waals surface area (Å²) in [5, 5.41) is 19.3. The van der Waals surface area contributed by atoms with E-state index in [1.54, 1.807) is 6.92 Å². The van der Waals surface area contributed by atoms with Crippen LogP contribution in [0.2, 0.25) is 5.02 Å². The third-order valence-electron chi connectivity index (χ3n) is 2.34. The van der Waals surface area contributed by atoms with E-state index in [9.17, 15) is 19.4 Å². The van der Waals surface area contributed by atoms with Crippen molar-refractivity contribution in [1.82, 2.24) is 0 Å². The molecule has 2 atom stereocenters. The summed E-state index contributed by atoms with van der Waals surface area (Å²) in [6, 6.07) is 2.29. The maximum Gasteiger partial charge on any atom is 0.337 e. The molecule has 0 radical (unpaired) electrons. The van der Waals surface area contributed by atoms with Gasteiger partial charge in [0.1, 0.15) is 11.9 Å². The number of hydrogen-bond acceptors (Lipinski definition) is 4. The summed E-state index contributed by atoms with van der Waals surface area (Å²) in [4.78, 5) is 11.0. The molecule has 0 saturated carbocycles. The molecule has 0 aliphatic rings. The summed E-state index contributed by atoms with van der Waals surface area (Å²) in [6.07, 6.45) is -3.58. The highest BCUT2D eigenvalue weighted by molar-refractivity contribution is 6.31. The van der Waals surface area contributed by atoms with Gasteiger partial charge in [0.25, 0.3) is 0 Å². The molecule has 0 aliphatic heterocycles. The maximum absolute atomic E-state index is 13.5. The van der Waals surface area contributed by atoms with Crippen LogP contribution < -0.4 is 0 Å². The second-order valence-electron chi connectivity index (χ2n) is 3.54. The van der Waals surface area contributed by atoms with Crippen molar-refractivity contribution < 1.29 is 24.1 Å². The number of ether oxygens (including phenoxy) is 1. The number of rotatable bonds is 3. The van der Waals surface area contributed by atoms with Crippen molar-refractivity contribution in [2.45, 2.75) is 19.1 Å². The Morgan fingerprint density at radius 1 is 1.47 bits per heavy atom. The van der Waals surface area contributed by atoms with Gasteiger partial charge in [-0.3, -0.25) is 0 Å². The highest BCUT2D eigenvalue weighted by atomic mass is 35.5. The van der Waals surface area contributed by atoms with Crippen LogP contribution in [0.1, 0.15) is 17.2 Å². The maximum atomic E-state index is 13.5. The highest BCUT2D eigenvalue weighted by Crippen LogP contribution is 2.26. The van der Waals surface area contributed by atoms with Gasteiger partial charge in [-0.1, -0.05) is 11.6 Å². The van der Waals surface area contributed by atoms with Gasteiger partial charge in [0.15, 0.2) is 6.10 Å². The molecule has 0 fully saturated rings. The second kappa shape index (κ2) is 5.44. The molecule has 0 amide bonds. The SMILES string of the molecule is COC(=O)C(O)C(O)c1cc(Cl)c(C)cc1F. The summed E-state index contributed by atoms with van der Waals surface area (Å²) < 4.78 is 17.8. The standard InChI is InChI=1S/C11H12ClFO4/c1-5-3-8(13)6(4-7(5)12)9(14)10(15)11(16)17-2/h3-4,9-10,14-15H,1-2H3. The van der Waals surface area contributed by atoms with Crippen LogP contribution in [0.4, 0.5) is 4.39 Å². The van der Waals surface area contributed by atoms with Crippen molar-refractivity contribution in [3.8, 4) is 0 Å². The Balaban J connectivity index is 3.08. The van der Waals surface area contributed by atoms with Crippen LogP contribution in [0, 0.1) is 12.7 Å². The first kappa shape index (κ1) is 13.9. The van der Waals surface area contributed by atoms with Crippen molar-refractivity contribution in [3.63, 3.8) is 0 Å². The number of aliphatic hydroxyl groups excluding tert-OH is 2. The first-order chi connectivity index (χ1) is 7.88. The number of esters is 1. The minimum absolute atomic E-state index is 0.234. The zero-order valence-corrected chi connectivity index (χ0v) is 10.0. The van der Waals surface area contributed by atoms with Crippen LogP contribution >= 0.6 is 11.6 Å². The van der Waals surface area contributed by atoms with Crippen LogP contribution in [0.15, 0.2) is 12.1 Å². The van der Waals surface area contributed by atoms with Gasteiger partial charge in [0.2, 0.25) is 0 Å². The molecule has 17 heavy (non-hydrogen) atoms. The van der Waals surface area contributed by atoms with Gasteiger partial charge in [0.05, 0.1) is 7.11 Å². The fourth-order valence-electron chi connectivity index (χ4n) is 1.31. The predicted octanol–water partition coefficient (Wildman–Crippen LogP) is 1.35. The molecule has 2 N–H and O–H groups in total. The molecule has 0 spiro atoms. The molecular weight excluding hydrogens is 251 g/mol. The van der Waals surface area contributed by atoms with Crippen molar-refractivity contribution >= 4 is 17.6 Å². The molecule has 4 nitrogen and oxygen atoms in total. The summed E-state index contributed by atoms with van der Waals surface area (Å²) in [5.41, 5.74) is 0.242. The first-order valence-electron chi connectivity index (χ1n) is 4.78. The highest BCUT2D eigenvalue weighted by Gasteiger charge is 2.29. The average Bonchev–Trinajstić information content (AvgIpc) is 2.31. The number of carbonyl (C=O) groups excluding carboxylic acids is 1. The Morgan fingerprint density at radius 2 is 2.06 bits per heavy atom. The smallest absolute Gasteiger partial charge is 0.337 e. The predicted molar refractivity (Wildman–Crippen MR) is 59.1 cm³/mol. The molecule has 1 aromatic rings. The molecule has 2 unspecified atom stereocenters. The lowest BCUT2D eigenvalue weighted by Crippen LogP contribution is -2.29. The Morgan fingerprint density at radius 3 is 2.59 bits per heavy atom. The number of carbonyl (C=O) groups is 1. The van der Waals surface area contributed by atoms with Crippen molar-refractivity contribution in [3.05, 3.63) is 34.1 Å². The van der Waals surface area contributed by atoms with Gasteiger partial charge in [0, 0.05) is 10.6 Å². The Labute approximate surface area is 103 Å². The number of hydrogen-bond donors (Lipinski definition) is 2. The molecule has 94 valence electrons. The summed E-state index contributed by atoms with van der Waals surface area (Å²) >= 11 is 5.77. The molecular formula is C11H12ClFO4. The van der Waals surface area contributed by atoms with E-state index >= 15 is 0 Å². The van der Waals surface area contributed by atoms with Gasteiger partial charge in [-0.15, -0.1) is 0 Å².